The number of anilines is 1. The minimum absolute atomic E-state index is 0. The van der Waals surface area contributed by atoms with E-state index >= 15 is 0 Å². The average molecular weight is 406 g/mol. The fourth-order valence-electron chi connectivity index (χ4n) is 2.81. The summed E-state index contributed by atoms with van der Waals surface area (Å²) in [4.78, 5) is 11.5. The van der Waals surface area contributed by atoms with Crippen LogP contribution in [0.1, 0.15) is 31.7 Å². The van der Waals surface area contributed by atoms with Crippen molar-refractivity contribution in [1.29, 1.82) is 0 Å². The fourth-order valence-corrected chi connectivity index (χ4v) is 4.30. The molecule has 3 N–H and O–H groups in total. The second kappa shape index (κ2) is 10.2. The van der Waals surface area contributed by atoms with Crippen molar-refractivity contribution in [2.75, 3.05) is 31.6 Å². The first-order valence-electron chi connectivity index (χ1n) is 8.54. The highest BCUT2D eigenvalue weighted by Crippen LogP contribution is 2.26. The van der Waals surface area contributed by atoms with Crippen LogP contribution in [-0.4, -0.2) is 51.0 Å². The number of hydrogen-bond acceptors (Lipinski definition) is 5. The Bertz CT molecular complexity index is 704. The SMILES string of the molecule is CC(=O)Nc1cc(S(=O)(=O)N2CCC(OCCCN)CC2)ccc1C.Cl. The van der Waals surface area contributed by atoms with E-state index in [1.807, 2.05) is 6.92 Å². The van der Waals surface area contributed by atoms with Gasteiger partial charge in [0.2, 0.25) is 15.9 Å². The zero-order valence-electron chi connectivity index (χ0n) is 15.2. The third-order valence-corrected chi connectivity index (χ3v) is 6.16. The average Bonchev–Trinajstić information content (AvgIpc) is 2.57. The van der Waals surface area contributed by atoms with E-state index in [4.69, 9.17) is 10.5 Å². The third-order valence-electron chi connectivity index (χ3n) is 4.26. The van der Waals surface area contributed by atoms with Crippen molar-refractivity contribution in [1.82, 2.24) is 4.31 Å². The Kier molecular flexibility index (Phi) is 8.99. The molecule has 0 aromatic heterocycles. The molecule has 0 bridgehead atoms. The van der Waals surface area contributed by atoms with Crippen LogP contribution in [0.4, 0.5) is 5.69 Å². The number of sulfonamides is 1. The predicted molar refractivity (Wildman–Crippen MR) is 104 cm³/mol. The number of nitrogens with one attached hydrogen (secondary N) is 1. The van der Waals surface area contributed by atoms with Crippen molar-refractivity contribution in [3.8, 4) is 0 Å². The van der Waals surface area contributed by atoms with Crippen LogP contribution in [0.2, 0.25) is 0 Å². The van der Waals surface area contributed by atoms with Gasteiger partial charge in [-0.25, -0.2) is 8.42 Å². The van der Waals surface area contributed by atoms with Gasteiger partial charge >= 0.3 is 0 Å². The largest absolute Gasteiger partial charge is 0.378 e. The predicted octanol–water partition coefficient (Wildman–Crippen LogP) is 1.89. The molecule has 0 aliphatic carbocycles. The maximum Gasteiger partial charge on any atom is 0.243 e. The first kappa shape index (κ1) is 22.9. The first-order chi connectivity index (χ1) is 11.8. The molecule has 1 aromatic carbocycles. The highest BCUT2D eigenvalue weighted by molar-refractivity contribution is 7.89. The molecule has 26 heavy (non-hydrogen) atoms. The molecule has 1 fully saturated rings. The molecule has 0 spiro atoms. The number of benzene rings is 1. The molecule has 1 amide bonds. The van der Waals surface area contributed by atoms with E-state index in [1.54, 1.807) is 12.1 Å². The van der Waals surface area contributed by atoms with Crippen molar-refractivity contribution in [3.63, 3.8) is 0 Å². The monoisotopic (exact) mass is 405 g/mol. The standard InChI is InChI=1S/C17H27N3O4S.ClH/c1-13-4-5-16(12-17(13)19-14(2)21)25(22,23)20-9-6-15(7-10-20)24-11-3-8-18;/h4-5,12,15H,3,6-11,18H2,1-2H3,(H,19,21);1H. The zero-order valence-corrected chi connectivity index (χ0v) is 16.9. The summed E-state index contributed by atoms with van der Waals surface area (Å²) in [6.45, 7) is 5.29. The Morgan fingerprint density at radius 2 is 2.00 bits per heavy atom. The van der Waals surface area contributed by atoms with E-state index in [2.05, 4.69) is 5.32 Å². The lowest BCUT2D eigenvalue weighted by Crippen LogP contribution is -2.41. The maximum atomic E-state index is 12.9. The molecule has 1 aliphatic rings. The van der Waals surface area contributed by atoms with Gasteiger partial charge in [0.1, 0.15) is 0 Å². The number of carbonyl (C=O) groups excluding carboxylic acids is 1. The molecule has 7 nitrogen and oxygen atoms in total. The Labute approximate surface area is 161 Å². The summed E-state index contributed by atoms with van der Waals surface area (Å²) in [7, 11) is -3.58. The number of nitrogens with two attached hydrogens (primary N) is 1. The summed E-state index contributed by atoms with van der Waals surface area (Å²) < 4.78 is 32.9. The third kappa shape index (κ3) is 5.92. The van der Waals surface area contributed by atoms with Crippen molar-refractivity contribution in [2.45, 2.75) is 44.1 Å². The molecule has 0 saturated carbocycles. The summed E-state index contributed by atoms with van der Waals surface area (Å²) in [5.74, 6) is -0.229. The first-order valence-corrected chi connectivity index (χ1v) is 9.98. The highest BCUT2D eigenvalue weighted by Gasteiger charge is 2.30. The van der Waals surface area contributed by atoms with E-state index in [1.165, 1.54) is 17.3 Å². The summed E-state index contributed by atoms with van der Waals surface area (Å²) in [5, 5.41) is 2.67. The van der Waals surface area contributed by atoms with Gasteiger partial charge in [0, 0.05) is 32.3 Å². The van der Waals surface area contributed by atoms with E-state index in [9.17, 15) is 13.2 Å². The number of amides is 1. The molecule has 0 radical (unpaired) electrons. The molecule has 1 aliphatic heterocycles. The number of hydrogen-bond donors (Lipinski definition) is 2. The van der Waals surface area contributed by atoms with Crippen molar-refractivity contribution in [2.24, 2.45) is 5.73 Å². The molecule has 148 valence electrons. The van der Waals surface area contributed by atoms with Gasteiger partial charge in [0.05, 0.1) is 11.0 Å². The number of nitrogens with zero attached hydrogens (tertiary/aromatic N) is 1. The summed E-state index contributed by atoms with van der Waals surface area (Å²) >= 11 is 0. The van der Waals surface area contributed by atoms with Crippen LogP contribution >= 0.6 is 12.4 Å². The maximum absolute atomic E-state index is 12.9. The van der Waals surface area contributed by atoms with Gasteiger partial charge in [-0.3, -0.25) is 4.79 Å². The number of halogens is 1. The van der Waals surface area contributed by atoms with Gasteiger partial charge in [-0.05, 0) is 50.4 Å². The second-order valence-corrected chi connectivity index (χ2v) is 8.21. The lowest BCUT2D eigenvalue weighted by molar-refractivity contribution is -0.114. The van der Waals surface area contributed by atoms with Crippen LogP contribution in [-0.2, 0) is 19.6 Å². The van der Waals surface area contributed by atoms with Crippen molar-refractivity contribution < 1.29 is 17.9 Å². The van der Waals surface area contributed by atoms with E-state index in [-0.39, 0.29) is 29.3 Å². The van der Waals surface area contributed by atoms with Gasteiger partial charge < -0.3 is 15.8 Å². The fraction of sp³-hybridized carbons (Fsp3) is 0.588. The summed E-state index contributed by atoms with van der Waals surface area (Å²) in [6.07, 6.45) is 2.25. The summed E-state index contributed by atoms with van der Waals surface area (Å²) in [6, 6.07) is 4.82. The number of piperidine rings is 1. The Balaban J connectivity index is 0.00000338. The molecule has 0 unspecified atom stereocenters. The molecule has 1 aromatic rings. The minimum Gasteiger partial charge on any atom is -0.378 e. The Hall–Kier alpha value is -1.19. The molecular formula is C17H28ClN3O4S. The van der Waals surface area contributed by atoms with Crippen LogP contribution in [0, 0.1) is 6.92 Å². The zero-order chi connectivity index (χ0) is 18.4. The van der Waals surface area contributed by atoms with Crippen LogP contribution in [0.3, 0.4) is 0 Å². The van der Waals surface area contributed by atoms with Crippen molar-refractivity contribution in [3.05, 3.63) is 23.8 Å². The van der Waals surface area contributed by atoms with Crippen LogP contribution in [0.5, 0.6) is 0 Å². The topological polar surface area (TPSA) is 102 Å². The Morgan fingerprint density at radius 3 is 2.58 bits per heavy atom. The quantitative estimate of drug-likeness (QED) is 0.674. The minimum atomic E-state index is -3.58. The number of aryl methyl sites for hydroxylation is 1. The summed E-state index contributed by atoms with van der Waals surface area (Å²) in [5.41, 5.74) is 6.79. The molecule has 1 heterocycles. The second-order valence-electron chi connectivity index (χ2n) is 6.27. The smallest absolute Gasteiger partial charge is 0.243 e. The van der Waals surface area contributed by atoms with Gasteiger partial charge in [-0.15, -0.1) is 12.4 Å². The molecular weight excluding hydrogens is 378 g/mol. The van der Waals surface area contributed by atoms with Gasteiger partial charge in [0.25, 0.3) is 0 Å². The van der Waals surface area contributed by atoms with Gasteiger partial charge in [-0.1, -0.05) is 6.07 Å². The molecule has 2 rings (SSSR count). The molecule has 1 saturated heterocycles. The lowest BCUT2D eigenvalue weighted by atomic mass is 10.1. The van der Waals surface area contributed by atoms with Crippen LogP contribution in [0.15, 0.2) is 23.1 Å². The highest BCUT2D eigenvalue weighted by atomic mass is 35.5. The van der Waals surface area contributed by atoms with E-state index < -0.39 is 10.0 Å². The molecule has 0 atom stereocenters. The number of carbonyl (C=O) groups is 1. The lowest BCUT2D eigenvalue weighted by Gasteiger charge is -2.31. The van der Waals surface area contributed by atoms with Crippen molar-refractivity contribution >= 4 is 34.0 Å². The number of ether oxygens (including phenoxy) is 1. The van der Waals surface area contributed by atoms with Gasteiger partial charge in [-0.2, -0.15) is 4.31 Å². The van der Waals surface area contributed by atoms with E-state index in [0.29, 0.717) is 44.8 Å². The Morgan fingerprint density at radius 1 is 1.35 bits per heavy atom. The van der Waals surface area contributed by atoms with E-state index in [0.717, 1.165) is 12.0 Å². The van der Waals surface area contributed by atoms with Crippen LogP contribution < -0.4 is 11.1 Å². The van der Waals surface area contributed by atoms with Gasteiger partial charge in [0.15, 0.2) is 0 Å². The molecule has 9 heteroatoms. The number of rotatable bonds is 7. The normalized spacial score (nSPS) is 16.1. The van der Waals surface area contributed by atoms with Crippen LogP contribution in [0.25, 0.3) is 0 Å².